The van der Waals surface area contributed by atoms with E-state index in [2.05, 4.69) is 13.8 Å². The molecule has 0 aromatic carbocycles. The van der Waals surface area contributed by atoms with Crippen LogP contribution in [0.15, 0.2) is 0 Å². The average molecular weight is 183 g/mol. The van der Waals surface area contributed by atoms with Gasteiger partial charge in [-0.2, -0.15) is 0 Å². The topological polar surface area (TPSA) is 26.0 Å². The highest BCUT2D eigenvalue weighted by Gasteiger charge is 2.19. The van der Waals surface area contributed by atoms with Crippen molar-refractivity contribution in [2.45, 2.75) is 64.8 Å². The second-order valence-corrected chi connectivity index (χ2v) is 4.79. The molecule has 0 aliphatic heterocycles. The molecular formula is C12H25N. The van der Waals surface area contributed by atoms with E-state index in [9.17, 15) is 0 Å². The number of nitrogens with two attached hydrogens (primary N) is 1. The first-order valence-corrected chi connectivity index (χ1v) is 5.99. The SMILES string of the molecule is CC[C@@H](C)[C@@H](N)CC1CCCCC1. The smallest absolute Gasteiger partial charge is 0.00670 e. The molecule has 0 amide bonds. The first kappa shape index (κ1) is 11.0. The molecule has 0 heterocycles. The molecule has 1 aliphatic rings. The highest BCUT2D eigenvalue weighted by molar-refractivity contribution is 4.75. The predicted octanol–water partition coefficient (Wildman–Crippen LogP) is 3.33. The molecule has 1 rings (SSSR count). The van der Waals surface area contributed by atoms with E-state index in [4.69, 9.17) is 5.73 Å². The first-order valence-electron chi connectivity index (χ1n) is 5.99. The first-order chi connectivity index (χ1) is 6.24. The van der Waals surface area contributed by atoms with Gasteiger partial charge in [-0.15, -0.1) is 0 Å². The van der Waals surface area contributed by atoms with Gasteiger partial charge in [-0.3, -0.25) is 0 Å². The average Bonchev–Trinajstić information content (AvgIpc) is 2.18. The van der Waals surface area contributed by atoms with Crippen molar-refractivity contribution >= 4 is 0 Å². The molecule has 0 bridgehead atoms. The van der Waals surface area contributed by atoms with Gasteiger partial charge < -0.3 is 5.73 Å². The van der Waals surface area contributed by atoms with E-state index in [0.717, 1.165) is 5.92 Å². The third-order valence-corrected chi connectivity index (χ3v) is 3.71. The largest absolute Gasteiger partial charge is 0.327 e. The lowest BCUT2D eigenvalue weighted by molar-refractivity contribution is 0.284. The van der Waals surface area contributed by atoms with Crippen LogP contribution in [0.2, 0.25) is 0 Å². The Morgan fingerprint density at radius 1 is 1.23 bits per heavy atom. The van der Waals surface area contributed by atoms with Crippen LogP contribution in [0.3, 0.4) is 0 Å². The fraction of sp³-hybridized carbons (Fsp3) is 1.00. The lowest BCUT2D eigenvalue weighted by Gasteiger charge is -2.27. The summed E-state index contributed by atoms with van der Waals surface area (Å²) in [5.74, 6) is 1.65. The van der Waals surface area contributed by atoms with Gasteiger partial charge in [0.05, 0.1) is 0 Å². The van der Waals surface area contributed by atoms with Crippen molar-refractivity contribution in [3.8, 4) is 0 Å². The van der Waals surface area contributed by atoms with E-state index in [1.807, 2.05) is 0 Å². The summed E-state index contributed by atoms with van der Waals surface area (Å²) in [4.78, 5) is 0. The van der Waals surface area contributed by atoms with Crippen LogP contribution in [0, 0.1) is 11.8 Å². The van der Waals surface area contributed by atoms with E-state index in [0.29, 0.717) is 12.0 Å². The Hall–Kier alpha value is -0.0400. The molecule has 1 nitrogen and oxygen atoms in total. The number of hydrogen-bond acceptors (Lipinski definition) is 1. The third kappa shape index (κ3) is 3.68. The summed E-state index contributed by atoms with van der Waals surface area (Å²) in [6.07, 6.45) is 9.71. The number of rotatable bonds is 4. The summed E-state index contributed by atoms with van der Waals surface area (Å²) >= 11 is 0. The molecule has 0 unspecified atom stereocenters. The highest BCUT2D eigenvalue weighted by atomic mass is 14.6. The molecule has 2 atom stereocenters. The monoisotopic (exact) mass is 183 g/mol. The lowest BCUT2D eigenvalue weighted by atomic mass is 9.82. The number of hydrogen-bond donors (Lipinski definition) is 1. The van der Waals surface area contributed by atoms with Gasteiger partial charge in [0, 0.05) is 6.04 Å². The molecule has 78 valence electrons. The van der Waals surface area contributed by atoms with Crippen molar-refractivity contribution in [2.75, 3.05) is 0 Å². The van der Waals surface area contributed by atoms with Crippen molar-refractivity contribution < 1.29 is 0 Å². The minimum Gasteiger partial charge on any atom is -0.327 e. The van der Waals surface area contributed by atoms with E-state index in [1.54, 1.807) is 0 Å². The Morgan fingerprint density at radius 2 is 1.85 bits per heavy atom. The predicted molar refractivity (Wildman–Crippen MR) is 58.6 cm³/mol. The summed E-state index contributed by atoms with van der Waals surface area (Å²) < 4.78 is 0. The molecule has 1 fully saturated rings. The minimum absolute atomic E-state index is 0.452. The zero-order valence-corrected chi connectivity index (χ0v) is 9.26. The van der Waals surface area contributed by atoms with Crippen LogP contribution in [0.5, 0.6) is 0 Å². The summed E-state index contributed by atoms with van der Waals surface area (Å²) in [5, 5.41) is 0. The normalized spacial score (nSPS) is 24.2. The van der Waals surface area contributed by atoms with Crippen molar-refractivity contribution in [3.63, 3.8) is 0 Å². The molecule has 0 aromatic heterocycles. The molecule has 2 N–H and O–H groups in total. The van der Waals surface area contributed by atoms with Gasteiger partial charge in [0.1, 0.15) is 0 Å². The Kier molecular flexibility index (Phi) is 4.79. The van der Waals surface area contributed by atoms with Gasteiger partial charge in [0.2, 0.25) is 0 Å². The van der Waals surface area contributed by atoms with Crippen LogP contribution in [0.25, 0.3) is 0 Å². The maximum absolute atomic E-state index is 6.16. The van der Waals surface area contributed by atoms with Crippen molar-refractivity contribution in [3.05, 3.63) is 0 Å². The van der Waals surface area contributed by atoms with E-state index in [-0.39, 0.29) is 0 Å². The quantitative estimate of drug-likeness (QED) is 0.711. The van der Waals surface area contributed by atoms with Crippen LogP contribution >= 0.6 is 0 Å². The van der Waals surface area contributed by atoms with Crippen molar-refractivity contribution in [1.82, 2.24) is 0 Å². The maximum Gasteiger partial charge on any atom is 0.00670 e. The Balaban J connectivity index is 2.21. The van der Waals surface area contributed by atoms with Crippen LogP contribution in [-0.4, -0.2) is 6.04 Å². The molecular weight excluding hydrogens is 158 g/mol. The van der Waals surface area contributed by atoms with Gasteiger partial charge in [-0.05, 0) is 18.3 Å². The summed E-state index contributed by atoms with van der Waals surface area (Å²) in [6.45, 7) is 4.53. The molecule has 1 heteroatoms. The molecule has 0 saturated heterocycles. The summed E-state index contributed by atoms with van der Waals surface area (Å²) in [6, 6.07) is 0.452. The van der Waals surface area contributed by atoms with E-state index >= 15 is 0 Å². The Labute approximate surface area is 83.1 Å². The van der Waals surface area contributed by atoms with Gasteiger partial charge in [0.15, 0.2) is 0 Å². The Morgan fingerprint density at radius 3 is 2.38 bits per heavy atom. The van der Waals surface area contributed by atoms with Gasteiger partial charge in [0.25, 0.3) is 0 Å². The molecule has 0 spiro atoms. The molecule has 1 saturated carbocycles. The summed E-state index contributed by atoms with van der Waals surface area (Å²) in [5.41, 5.74) is 6.16. The minimum atomic E-state index is 0.452. The molecule has 0 aromatic rings. The zero-order chi connectivity index (χ0) is 9.68. The van der Waals surface area contributed by atoms with Crippen LogP contribution < -0.4 is 5.73 Å². The van der Waals surface area contributed by atoms with Crippen molar-refractivity contribution in [2.24, 2.45) is 17.6 Å². The van der Waals surface area contributed by atoms with E-state index < -0.39 is 0 Å². The molecule has 1 aliphatic carbocycles. The van der Waals surface area contributed by atoms with Crippen molar-refractivity contribution in [1.29, 1.82) is 0 Å². The van der Waals surface area contributed by atoms with Gasteiger partial charge >= 0.3 is 0 Å². The Bertz CT molecular complexity index is 127. The van der Waals surface area contributed by atoms with Crippen LogP contribution in [0.1, 0.15) is 58.8 Å². The van der Waals surface area contributed by atoms with Crippen LogP contribution in [0.4, 0.5) is 0 Å². The van der Waals surface area contributed by atoms with Gasteiger partial charge in [-0.1, -0.05) is 52.4 Å². The van der Waals surface area contributed by atoms with E-state index in [1.165, 1.54) is 44.9 Å². The van der Waals surface area contributed by atoms with Gasteiger partial charge in [-0.25, -0.2) is 0 Å². The summed E-state index contributed by atoms with van der Waals surface area (Å²) in [7, 11) is 0. The maximum atomic E-state index is 6.16. The third-order valence-electron chi connectivity index (χ3n) is 3.71. The van der Waals surface area contributed by atoms with Crippen LogP contribution in [-0.2, 0) is 0 Å². The highest BCUT2D eigenvalue weighted by Crippen LogP contribution is 2.28. The zero-order valence-electron chi connectivity index (χ0n) is 9.26. The fourth-order valence-electron chi connectivity index (χ4n) is 2.34. The fourth-order valence-corrected chi connectivity index (χ4v) is 2.34. The second kappa shape index (κ2) is 5.64. The standard InChI is InChI=1S/C12H25N/c1-3-10(2)12(13)9-11-7-5-4-6-8-11/h10-12H,3-9,13H2,1-2H3/t10-,12+/m1/s1. The molecule has 13 heavy (non-hydrogen) atoms. The second-order valence-electron chi connectivity index (χ2n) is 4.79. The molecule has 0 radical (unpaired) electrons. The lowest BCUT2D eigenvalue weighted by Crippen LogP contribution is -2.30.